The summed E-state index contributed by atoms with van der Waals surface area (Å²) in [5.41, 5.74) is 6.92. The van der Waals surface area contributed by atoms with Crippen molar-refractivity contribution in [2.24, 2.45) is 5.73 Å². The first kappa shape index (κ1) is 15.3. The molecule has 25 heavy (non-hydrogen) atoms. The van der Waals surface area contributed by atoms with E-state index in [1.807, 2.05) is 30.3 Å². The Kier molecular flexibility index (Phi) is 3.48. The monoisotopic (exact) mass is 350 g/mol. The molecule has 1 aliphatic rings. The highest BCUT2D eigenvalue weighted by atomic mass is 35.5. The van der Waals surface area contributed by atoms with Crippen molar-refractivity contribution in [1.29, 1.82) is 5.26 Å². The fourth-order valence-corrected chi connectivity index (χ4v) is 3.24. The van der Waals surface area contributed by atoms with E-state index in [0.29, 0.717) is 16.0 Å². The van der Waals surface area contributed by atoms with Gasteiger partial charge in [0.15, 0.2) is 5.75 Å². The molecule has 0 saturated heterocycles. The van der Waals surface area contributed by atoms with Gasteiger partial charge >= 0.3 is 5.63 Å². The number of benzene rings is 2. The van der Waals surface area contributed by atoms with Crippen LogP contribution in [0.2, 0.25) is 5.02 Å². The molecule has 5 nitrogen and oxygen atoms in total. The minimum absolute atomic E-state index is 0.0317. The van der Waals surface area contributed by atoms with E-state index in [1.54, 1.807) is 18.2 Å². The number of hydrogen-bond donors (Lipinski definition) is 1. The van der Waals surface area contributed by atoms with E-state index in [0.717, 1.165) is 5.56 Å². The van der Waals surface area contributed by atoms with Crippen LogP contribution in [0.15, 0.2) is 69.2 Å². The molecule has 2 heterocycles. The summed E-state index contributed by atoms with van der Waals surface area (Å²) < 4.78 is 11.1. The average molecular weight is 351 g/mol. The highest BCUT2D eigenvalue weighted by molar-refractivity contribution is 6.31. The largest absolute Gasteiger partial charge is 0.439 e. The van der Waals surface area contributed by atoms with Crippen molar-refractivity contribution in [3.05, 3.63) is 86.6 Å². The van der Waals surface area contributed by atoms with Crippen LogP contribution in [0.25, 0.3) is 11.0 Å². The van der Waals surface area contributed by atoms with Crippen molar-refractivity contribution in [3.63, 3.8) is 0 Å². The summed E-state index contributed by atoms with van der Waals surface area (Å²) in [4.78, 5) is 12.7. The van der Waals surface area contributed by atoms with Gasteiger partial charge in [-0.25, -0.2) is 4.79 Å². The number of nitrogens with two attached hydrogens (primary N) is 1. The van der Waals surface area contributed by atoms with Gasteiger partial charge in [-0.05, 0) is 23.8 Å². The van der Waals surface area contributed by atoms with E-state index in [9.17, 15) is 10.1 Å². The summed E-state index contributed by atoms with van der Waals surface area (Å²) in [6.07, 6.45) is 0. The number of ether oxygens (including phenoxy) is 1. The first-order valence-corrected chi connectivity index (χ1v) is 7.86. The Labute approximate surface area is 147 Å². The zero-order valence-corrected chi connectivity index (χ0v) is 13.6. The number of halogens is 1. The van der Waals surface area contributed by atoms with Gasteiger partial charge < -0.3 is 14.9 Å². The third kappa shape index (κ3) is 2.35. The summed E-state index contributed by atoms with van der Waals surface area (Å²) >= 11 is 6.08. The lowest BCUT2D eigenvalue weighted by Crippen LogP contribution is -2.26. The van der Waals surface area contributed by atoms with Crippen molar-refractivity contribution in [3.8, 4) is 11.8 Å². The van der Waals surface area contributed by atoms with E-state index in [-0.39, 0.29) is 22.8 Å². The molecule has 0 fully saturated rings. The number of fused-ring (bicyclic) bond motifs is 3. The maximum absolute atomic E-state index is 12.7. The van der Waals surface area contributed by atoms with Crippen LogP contribution < -0.4 is 16.1 Å². The molecule has 3 aromatic rings. The average Bonchev–Trinajstić information content (AvgIpc) is 2.62. The molecule has 0 radical (unpaired) electrons. The van der Waals surface area contributed by atoms with Crippen LogP contribution in [0, 0.1) is 11.3 Å². The van der Waals surface area contributed by atoms with Gasteiger partial charge in [0.25, 0.3) is 0 Å². The van der Waals surface area contributed by atoms with E-state index < -0.39 is 11.5 Å². The molecule has 1 atom stereocenters. The van der Waals surface area contributed by atoms with Crippen LogP contribution in [0.1, 0.15) is 17.0 Å². The zero-order valence-electron chi connectivity index (χ0n) is 12.8. The molecule has 0 spiro atoms. The summed E-state index contributed by atoms with van der Waals surface area (Å²) in [6.45, 7) is 0. The predicted octanol–water partition coefficient (Wildman–Crippen LogP) is 3.66. The van der Waals surface area contributed by atoms with Gasteiger partial charge in [-0.1, -0.05) is 41.9 Å². The number of nitrogens with zero attached hydrogens (tertiary/aromatic N) is 1. The van der Waals surface area contributed by atoms with Crippen molar-refractivity contribution < 1.29 is 9.15 Å². The van der Waals surface area contributed by atoms with Gasteiger partial charge in [0.1, 0.15) is 17.2 Å². The molecule has 6 heteroatoms. The van der Waals surface area contributed by atoms with Gasteiger partial charge in [0.05, 0.1) is 16.9 Å². The summed E-state index contributed by atoms with van der Waals surface area (Å²) in [6, 6.07) is 16.1. The lowest BCUT2D eigenvalue weighted by Gasteiger charge is -2.25. The normalized spacial score (nSPS) is 16.2. The lowest BCUT2D eigenvalue weighted by atomic mass is 9.84. The third-order valence-electron chi connectivity index (χ3n) is 4.16. The summed E-state index contributed by atoms with van der Waals surface area (Å²) in [5.74, 6) is -0.413. The van der Waals surface area contributed by atoms with E-state index in [4.69, 9.17) is 26.5 Å². The topological polar surface area (TPSA) is 89.3 Å². The highest BCUT2D eigenvalue weighted by Crippen LogP contribution is 2.43. The molecule has 122 valence electrons. The van der Waals surface area contributed by atoms with Crippen LogP contribution in [0.4, 0.5) is 0 Å². The molecule has 2 aromatic carbocycles. The molecular formula is C19H11ClN2O3. The minimum atomic E-state index is -0.658. The Morgan fingerprint density at radius 1 is 1.16 bits per heavy atom. The van der Waals surface area contributed by atoms with Crippen molar-refractivity contribution in [1.82, 2.24) is 0 Å². The van der Waals surface area contributed by atoms with E-state index in [2.05, 4.69) is 6.07 Å². The summed E-state index contributed by atoms with van der Waals surface area (Å²) in [5, 5.41) is 10.5. The second kappa shape index (κ2) is 5.69. The Morgan fingerprint density at radius 3 is 2.64 bits per heavy atom. The van der Waals surface area contributed by atoms with E-state index >= 15 is 0 Å². The Balaban J connectivity index is 2.11. The minimum Gasteiger partial charge on any atom is -0.439 e. The molecular weight excluding hydrogens is 340 g/mol. The molecule has 0 aliphatic carbocycles. The van der Waals surface area contributed by atoms with Gasteiger partial charge in [0.2, 0.25) is 5.88 Å². The fourth-order valence-electron chi connectivity index (χ4n) is 3.07. The maximum Gasteiger partial charge on any atom is 0.344 e. The van der Waals surface area contributed by atoms with Crippen molar-refractivity contribution in [2.75, 3.05) is 0 Å². The number of rotatable bonds is 1. The maximum atomic E-state index is 12.7. The van der Waals surface area contributed by atoms with Gasteiger partial charge in [-0.3, -0.25) is 0 Å². The molecule has 4 rings (SSSR count). The summed E-state index contributed by atoms with van der Waals surface area (Å²) in [7, 11) is 0. The molecule has 0 bridgehead atoms. The van der Waals surface area contributed by atoms with E-state index in [1.165, 1.54) is 0 Å². The van der Waals surface area contributed by atoms with Crippen LogP contribution in [-0.4, -0.2) is 0 Å². The first-order valence-electron chi connectivity index (χ1n) is 7.49. The predicted molar refractivity (Wildman–Crippen MR) is 93.2 cm³/mol. The second-order valence-electron chi connectivity index (χ2n) is 5.61. The SMILES string of the molecule is N#CC1=C(N)Oc2c(c(=O)oc3ccc(Cl)cc23)[C@@H]1c1ccccc1. The lowest BCUT2D eigenvalue weighted by molar-refractivity contribution is 0.388. The fraction of sp³-hybridized carbons (Fsp3) is 0.0526. The smallest absolute Gasteiger partial charge is 0.344 e. The quantitative estimate of drug-likeness (QED) is 0.676. The van der Waals surface area contributed by atoms with Gasteiger partial charge in [0, 0.05) is 5.02 Å². The Bertz CT molecular complexity index is 1130. The van der Waals surface area contributed by atoms with Crippen molar-refractivity contribution in [2.45, 2.75) is 5.92 Å². The molecule has 2 N–H and O–H groups in total. The number of nitriles is 1. The Hall–Kier alpha value is -3.23. The third-order valence-corrected chi connectivity index (χ3v) is 4.40. The number of hydrogen-bond acceptors (Lipinski definition) is 5. The second-order valence-corrected chi connectivity index (χ2v) is 6.04. The molecule has 0 unspecified atom stereocenters. The van der Waals surface area contributed by atoms with Gasteiger partial charge in [-0.15, -0.1) is 0 Å². The standard InChI is InChI=1S/C19H11ClN2O3/c20-11-6-7-14-12(8-11)17-16(19(23)24-14)15(10-4-2-1-3-5-10)13(9-21)18(22)25-17/h1-8,15H,22H2/t15-/m1/s1. The zero-order chi connectivity index (χ0) is 17.6. The highest BCUT2D eigenvalue weighted by Gasteiger charge is 2.35. The van der Waals surface area contributed by atoms with Crippen LogP contribution in [-0.2, 0) is 0 Å². The molecule has 0 amide bonds. The Morgan fingerprint density at radius 2 is 1.92 bits per heavy atom. The van der Waals surface area contributed by atoms with Crippen molar-refractivity contribution >= 4 is 22.6 Å². The van der Waals surface area contributed by atoms with Crippen LogP contribution in [0.5, 0.6) is 5.75 Å². The number of allylic oxidation sites excluding steroid dienone is 1. The molecule has 1 aromatic heterocycles. The van der Waals surface area contributed by atoms with Crippen LogP contribution in [0.3, 0.4) is 0 Å². The molecule has 0 saturated carbocycles. The van der Waals surface area contributed by atoms with Gasteiger partial charge in [-0.2, -0.15) is 5.26 Å². The first-order chi connectivity index (χ1) is 12.1. The van der Waals surface area contributed by atoms with Crippen LogP contribution >= 0.6 is 11.6 Å². The molecule has 1 aliphatic heterocycles.